The highest BCUT2D eigenvalue weighted by atomic mass is 15.1. The van der Waals surface area contributed by atoms with Crippen LogP contribution in [0.15, 0.2) is 31.0 Å². The molecule has 0 aliphatic carbocycles. The Kier molecular flexibility index (Phi) is 3.98. The van der Waals surface area contributed by atoms with Gasteiger partial charge in [-0.15, -0.1) is 6.58 Å². The molecule has 0 saturated heterocycles. The molecular weight excluding hydrogens is 174 g/mol. The summed E-state index contributed by atoms with van der Waals surface area (Å²) in [5.74, 6) is 0.568. The third-order valence-corrected chi connectivity index (χ3v) is 2.11. The molecule has 1 aromatic heterocycles. The topological polar surface area (TPSA) is 42.2 Å². The molecule has 0 aromatic carbocycles. The van der Waals surface area contributed by atoms with Gasteiger partial charge in [0.05, 0.1) is 0 Å². The van der Waals surface area contributed by atoms with Gasteiger partial charge in [-0.05, 0) is 18.9 Å². The van der Waals surface area contributed by atoms with Gasteiger partial charge in [-0.25, -0.2) is 4.98 Å². The smallest absolute Gasteiger partial charge is 0.125 e. The van der Waals surface area contributed by atoms with Gasteiger partial charge in [0.15, 0.2) is 0 Å². The second kappa shape index (κ2) is 5.27. The van der Waals surface area contributed by atoms with Gasteiger partial charge in [0.1, 0.15) is 5.82 Å². The number of hydrogen-bond donors (Lipinski definition) is 1. The average molecular weight is 191 g/mol. The summed E-state index contributed by atoms with van der Waals surface area (Å²) in [6.45, 7) is 4.71. The van der Waals surface area contributed by atoms with Crippen molar-refractivity contribution in [3.05, 3.63) is 31.0 Å². The van der Waals surface area contributed by atoms with Gasteiger partial charge in [0.25, 0.3) is 0 Å². The van der Waals surface area contributed by atoms with Crippen LogP contribution in [-0.4, -0.2) is 18.6 Å². The van der Waals surface area contributed by atoms with E-state index in [-0.39, 0.29) is 0 Å². The zero-order valence-electron chi connectivity index (χ0n) is 8.61. The number of aromatic nitrogens is 1. The Balaban J connectivity index is 2.51. The molecule has 1 heterocycles. The SMILES string of the molecule is C=CCCCN(C)c1ccnc(N)c1. The maximum absolute atomic E-state index is 5.60. The molecule has 0 fully saturated rings. The molecule has 0 saturated carbocycles. The summed E-state index contributed by atoms with van der Waals surface area (Å²) in [4.78, 5) is 6.12. The number of hydrogen-bond acceptors (Lipinski definition) is 3. The number of pyridine rings is 1. The summed E-state index contributed by atoms with van der Waals surface area (Å²) in [6.07, 6.45) is 5.83. The van der Waals surface area contributed by atoms with Crippen molar-refractivity contribution < 1.29 is 0 Å². The second-order valence-corrected chi connectivity index (χ2v) is 3.29. The molecule has 0 aliphatic rings. The molecule has 0 radical (unpaired) electrons. The van der Waals surface area contributed by atoms with Crippen LogP contribution < -0.4 is 10.6 Å². The highest BCUT2D eigenvalue weighted by Gasteiger charge is 1.99. The van der Waals surface area contributed by atoms with Crippen molar-refractivity contribution in [2.45, 2.75) is 12.8 Å². The molecule has 1 rings (SSSR count). The van der Waals surface area contributed by atoms with Gasteiger partial charge in [0.2, 0.25) is 0 Å². The van der Waals surface area contributed by atoms with E-state index in [0.717, 1.165) is 25.1 Å². The second-order valence-electron chi connectivity index (χ2n) is 3.29. The number of nitrogens with zero attached hydrogens (tertiary/aromatic N) is 2. The number of unbranched alkanes of at least 4 members (excludes halogenated alkanes) is 1. The van der Waals surface area contributed by atoms with E-state index in [4.69, 9.17) is 5.73 Å². The minimum atomic E-state index is 0.568. The number of anilines is 2. The maximum atomic E-state index is 5.60. The lowest BCUT2D eigenvalue weighted by Crippen LogP contribution is -2.18. The van der Waals surface area contributed by atoms with Gasteiger partial charge in [0, 0.05) is 31.5 Å². The lowest BCUT2D eigenvalue weighted by molar-refractivity contribution is 0.801. The molecule has 0 unspecified atom stereocenters. The Morgan fingerprint density at radius 3 is 3.07 bits per heavy atom. The molecule has 0 bridgehead atoms. The first-order valence-electron chi connectivity index (χ1n) is 4.77. The Bertz CT molecular complexity index is 296. The zero-order valence-corrected chi connectivity index (χ0v) is 8.61. The number of nitrogens with two attached hydrogens (primary N) is 1. The van der Waals surface area contributed by atoms with Crippen LogP contribution in [0, 0.1) is 0 Å². The molecule has 14 heavy (non-hydrogen) atoms. The molecule has 2 N–H and O–H groups in total. The van der Waals surface area contributed by atoms with E-state index in [2.05, 4.69) is 23.5 Å². The Morgan fingerprint density at radius 2 is 2.43 bits per heavy atom. The lowest BCUT2D eigenvalue weighted by atomic mass is 10.2. The van der Waals surface area contributed by atoms with Crippen molar-refractivity contribution >= 4 is 11.5 Å². The van der Waals surface area contributed by atoms with Crippen molar-refractivity contribution in [3.8, 4) is 0 Å². The van der Waals surface area contributed by atoms with E-state index in [1.165, 1.54) is 0 Å². The fourth-order valence-electron chi connectivity index (χ4n) is 1.28. The Hall–Kier alpha value is -1.51. The van der Waals surface area contributed by atoms with Crippen LogP contribution in [0.5, 0.6) is 0 Å². The summed E-state index contributed by atoms with van der Waals surface area (Å²) in [6, 6.07) is 3.85. The van der Waals surface area contributed by atoms with Crippen molar-refractivity contribution in [3.63, 3.8) is 0 Å². The van der Waals surface area contributed by atoms with Crippen molar-refractivity contribution in [1.29, 1.82) is 0 Å². The molecule has 0 spiro atoms. The monoisotopic (exact) mass is 191 g/mol. The quantitative estimate of drug-likeness (QED) is 0.572. The van der Waals surface area contributed by atoms with E-state index < -0.39 is 0 Å². The van der Waals surface area contributed by atoms with Gasteiger partial charge in [-0.3, -0.25) is 0 Å². The summed E-state index contributed by atoms with van der Waals surface area (Å²) >= 11 is 0. The first-order chi connectivity index (χ1) is 6.74. The van der Waals surface area contributed by atoms with Crippen LogP contribution in [0.3, 0.4) is 0 Å². The number of nitrogen functional groups attached to an aromatic ring is 1. The molecule has 0 aliphatic heterocycles. The largest absolute Gasteiger partial charge is 0.384 e. The predicted octanol–water partition coefficient (Wildman–Crippen LogP) is 2.07. The number of allylic oxidation sites excluding steroid dienone is 1. The van der Waals surface area contributed by atoms with Crippen LogP contribution >= 0.6 is 0 Å². The molecule has 3 nitrogen and oxygen atoms in total. The summed E-state index contributed by atoms with van der Waals surface area (Å²) in [7, 11) is 2.05. The highest BCUT2D eigenvalue weighted by molar-refractivity contribution is 5.51. The fraction of sp³-hybridized carbons (Fsp3) is 0.364. The van der Waals surface area contributed by atoms with E-state index in [1.54, 1.807) is 6.20 Å². The molecule has 0 amide bonds. The lowest BCUT2D eigenvalue weighted by Gasteiger charge is -2.18. The molecule has 1 aromatic rings. The average Bonchev–Trinajstić information content (AvgIpc) is 2.18. The minimum Gasteiger partial charge on any atom is -0.384 e. The van der Waals surface area contributed by atoms with Crippen molar-refractivity contribution in [1.82, 2.24) is 4.98 Å². The molecule has 3 heteroatoms. The first-order valence-corrected chi connectivity index (χ1v) is 4.77. The van der Waals surface area contributed by atoms with Gasteiger partial charge in [-0.1, -0.05) is 6.08 Å². The first kappa shape index (κ1) is 10.6. The van der Waals surface area contributed by atoms with E-state index >= 15 is 0 Å². The predicted molar refractivity (Wildman–Crippen MR) is 61.4 cm³/mol. The normalized spacial score (nSPS) is 9.79. The number of rotatable bonds is 5. The van der Waals surface area contributed by atoms with Gasteiger partial charge >= 0.3 is 0 Å². The third-order valence-electron chi connectivity index (χ3n) is 2.11. The van der Waals surface area contributed by atoms with E-state index in [1.807, 2.05) is 18.2 Å². The van der Waals surface area contributed by atoms with Crippen molar-refractivity contribution in [2.24, 2.45) is 0 Å². The molecule has 76 valence electrons. The van der Waals surface area contributed by atoms with Gasteiger partial charge in [-0.2, -0.15) is 0 Å². The maximum Gasteiger partial charge on any atom is 0.125 e. The minimum absolute atomic E-state index is 0.568. The van der Waals surface area contributed by atoms with Gasteiger partial charge < -0.3 is 10.6 Å². The Labute approximate surface area is 85.3 Å². The molecule has 0 atom stereocenters. The fourth-order valence-corrected chi connectivity index (χ4v) is 1.28. The van der Waals surface area contributed by atoms with Crippen LogP contribution in [0.4, 0.5) is 11.5 Å². The highest BCUT2D eigenvalue weighted by Crippen LogP contribution is 2.14. The van der Waals surface area contributed by atoms with Crippen LogP contribution in [0.25, 0.3) is 0 Å². The van der Waals surface area contributed by atoms with Crippen LogP contribution in [-0.2, 0) is 0 Å². The Morgan fingerprint density at radius 1 is 1.64 bits per heavy atom. The summed E-state index contributed by atoms with van der Waals surface area (Å²) in [5, 5.41) is 0. The zero-order chi connectivity index (χ0) is 10.4. The van der Waals surface area contributed by atoms with Crippen LogP contribution in [0.2, 0.25) is 0 Å². The van der Waals surface area contributed by atoms with E-state index in [0.29, 0.717) is 5.82 Å². The van der Waals surface area contributed by atoms with Crippen molar-refractivity contribution in [2.75, 3.05) is 24.2 Å². The van der Waals surface area contributed by atoms with E-state index in [9.17, 15) is 0 Å². The standard InChI is InChI=1S/C11H17N3/c1-3-4-5-8-14(2)10-6-7-13-11(12)9-10/h3,6-7,9H,1,4-5,8H2,2H3,(H2,12,13). The summed E-state index contributed by atoms with van der Waals surface area (Å²) < 4.78 is 0. The third kappa shape index (κ3) is 3.09. The van der Waals surface area contributed by atoms with Crippen LogP contribution in [0.1, 0.15) is 12.8 Å². The molecular formula is C11H17N3. The summed E-state index contributed by atoms with van der Waals surface area (Å²) in [5.41, 5.74) is 6.71.